The van der Waals surface area contributed by atoms with Gasteiger partial charge in [-0.05, 0) is 43.0 Å². The van der Waals surface area contributed by atoms with Crippen molar-refractivity contribution in [3.8, 4) is 5.75 Å². The molecule has 1 aromatic carbocycles. The molecule has 0 saturated heterocycles. The topological polar surface area (TPSA) is 9.23 Å². The number of hydrogen-bond acceptors (Lipinski definition) is 1. The molecule has 0 aliphatic rings. The monoisotopic (exact) mass is 298 g/mol. The standard InChI is InChI=1S/C16H20Cl2O/c1-12(2)14-5-4-6-15(11-14)19-10-9-13(3)7-8-16(17)18/h4-6,8-9,11-12H,7,10H2,1-3H3. The zero-order chi connectivity index (χ0) is 14.3. The van der Waals surface area contributed by atoms with Crippen LogP contribution in [0.15, 0.2) is 46.5 Å². The Hall–Kier alpha value is -0.920. The fourth-order valence-corrected chi connectivity index (χ4v) is 1.72. The normalized spacial score (nSPS) is 11.6. The highest BCUT2D eigenvalue weighted by Gasteiger charge is 2.00. The minimum absolute atomic E-state index is 0.304. The molecule has 1 rings (SSSR count). The fraction of sp³-hybridized carbons (Fsp3) is 0.375. The van der Waals surface area contributed by atoms with Crippen LogP contribution in [0.3, 0.4) is 0 Å². The molecule has 0 aromatic heterocycles. The molecule has 0 fully saturated rings. The van der Waals surface area contributed by atoms with E-state index in [4.69, 9.17) is 27.9 Å². The minimum Gasteiger partial charge on any atom is -0.490 e. The molecule has 0 radical (unpaired) electrons. The Labute approximate surface area is 125 Å². The van der Waals surface area contributed by atoms with Gasteiger partial charge in [0.15, 0.2) is 0 Å². The largest absolute Gasteiger partial charge is 0.490 e. The highest BCUT2D eigenvalue weighted by atomic mass is 35.5. The Balaban J connectivity index is 2.50. The summed E-state index contributed by atoms with van der Waals surface area (Å²) < 4.78 is 6.02. The van der Waals surface area contributed by atoms with Gasteiger partial charge in [-0.15, -0.1) is 0 Å². The molecule has 0 spiro atoms. The molecule has 19 heavy (non-hydrogen) atoms. The zero-order valence-corrected chi connectivity index (χ0v) is 13.1. The quantitative estimate of drug-likeness (QED) is 0.599. The van der Waals surface area contributed by atoms with Crippen molar-refractivity contribution in [3.05, 3.63) is 52.0 Å². The third-order valence-corrected chi connectivity index (χ3v) is 3.09. The van der Waals surface area contributed by atoms with E-state index in [2.05, 4.69) is 26.0 Å². The Kier molecular flexibility index (Phi) is 7.04. The molecule has 0 aliphatic heterocycles. The molecule has 0 heterocycles. The van der Waals surface area contributed by atoms with Crippen LogP contribution in [0.1, 0.15) is 38.7 Å². The van der Waals surface area contributed by atoms with Crippen LogP contribution in [0, 0.1) is 0 Å². The molecule has 3 heteroatoms. The molecule has 0 aliphatic carbocycles. The van der Waals surface area contributed by atoms with Gasteiger partial charge < -0.3 is 4.74 Å². The second-order valence-electron chi connectivity index (χ2n) is 4.79. The Bertz CT molecular complexity index is 458. The molecule has 1 aromatic rings. The van der Waals surface area contributed by atoms with Crippen LogP contribution in [-0.2, 0) is 0 Å². The average molecular weight is 299 g/mol. The highest BCUT2D eigenvalue weighted by Crippen LogP contribution is 2.20. The third-order valence-electron chi connectivity index (χ3n) is 2.78. The first-order valence-electron chi connectivity index (χ1n) is 6.38. The first-order valence-corrected chi connectivity index (χ1v) is 7.14. The van der Waals surface area contributed by atoms with Gasteiger partial charge in [-0.2, -0.15) is 0 Å². The zero-order valence-electron chi connectivity index (χ0n) is 11.6. The van der Waals surface area contributed by atoms with Gasteiger partial charge in [-0.3, -0.25) is 0 Å². The van der Waals surface area contributed by atoms with E-state index in [0.717, 1.165) is 12.2 Å². The summed E-state index contributed by atoms with van der Waals surface area (Å²) in [5.74, 6) is 1.41. The smallest absolute Gasteiger partial charge is 0.120 e. The van der Waals surface area contributed by atoms with E-state index in [-0.39, 0.29) is 0 Å². The molecule has 0 bridgehead atoms. The van der Waals surface area contributed by atoms with E-state index >= 15 is 0 Å². The van der Waals surface area contributed by atoms with Gasteiger partial charge in [0.2, 0.25) is 0 Å². The van der Waals surface area contributed by atoms with Gasteiger partial charge in [0, 0.05) is 0 Å². The molecule has 0 unspecified atom stereocenters. The lowest BCUT2D eigenvalue weighted by Crippen LogP contribution is -1.96. The molecule has 0 amide bonds. The van der Waals surface area contributed by atoms with Gasteiger partial charge >= 0.3 is 0 Å². The summed E-state index contributed by atoms with van der Waals surface area (Å²) in [4.78, 5) is 0. The van der Waals surface area contributed by atoms with Crippen molar-refractivity contribution in [1.29, 1.82) is 0 Å². The summed E-state index contributed by atoms with van der Waals surface area (Å²) in [7, 11) is 0. The lowest BCUT2D eigenvalue weighted by molar-refractivity contribution is 0.361. The van der Waals surface area contributed by atoms with Crippen molar-refractivity contribution in [3.63, 3.8) is 0 Å². The Morgan fingerprint density at radius 1 is 1.26 bits per heavy atom. The van der Waals surface area contributed by atoms with Crippen molar-refractivity contribution in [2.75, 3.05) is 6.61 Å². The first-order chi connectivity index (χ1) is 8.99. The van der Waals surface area contributed by atoms with Crippen LogP contribution in [0.5, 0.6) is 5.75 Å². The lowest BCUT2D eigenvalue weighted by atomic mass is 10.0. The van der Waals surface area contributed by atoms with Crippen molar-refractivity contribution in [2.45, 2.75) is 33.1 Å². The third kappa shape index (κ3) is 6.70. The number of halogens is 2. The maximum atomic E-state index is 5.71. The van der Waals surface area contributed by atoms with Gasteiger partial charge in [0.05, 0.1) is 0 Å². The summed E-state index contributed by atoms with van der Waals surface area (Å²) in [5.41, 5.74) is 2.47. The SMILES string of the molecule is CC(=CCOc1cccc(C(C)C)c1)CC=C(Cl)Cl. The van der Waals surface area contributed by atoms with Crippen LogP contribution in [-0.4, -0.2) is 6.61 Å². The summed E-state index contributed by atoms with van der Waals surface area (Å²) in [6.45, 7) is 6.93. The van der Waals surface area contributed by atoms with Gasteiger partial charge in [0.25, 0.3) is 0 Å². The van der Waals surface area contributed by atoms with Gasteiger partial charge in [-0.25, -0.2) is 0 Å². The number of rotatable bonds is 6. The van der Waals surface area contributed by atoms with Gasteiger partial charge in [-0.1, -0.05) is 60.8 Å². The van der Waals surface area contributed by atoms with Crippen molar-refractivity contribution >= 4 is 23.2 Å². The van der Waals surface area contributed by atoms with Crippen LogP contribution in [0.25, 0.3) is 0 Å². The second kappa shape index (κ2) is 8.29. The minimum atomic E-state index is 0.304. The van der Waals surface area contributed by atoms with Crippen LogP contribution in [0.2, 0.25) is 0 Å². The molecule has 1 nitrogen and oxygen atoms in total. The number of ether oxygens (including phenoxy) is 1. The van der Waals surface area contributed by atoms with E-state index in [0.29, 0.717) is 17.0 Å². The molecule has 0 atom stereocenters. The number of hydrogen-bond donors (Lipinski definition) is 0. The van der Waals surface area contributed by atoms with Crippen molar-refractivity contribution in [1.82, 2.24) is 0 Å². The molecule has 0 saturated carbocycles. The molecular weight excluding hydrogens is 279 g/mol. The van der Waals surface area contributed by atoms with E-state index in [1.54, 1.807) is 6.08 Å². The maximum absolute atomic E-state index is 5.71. The predicted octanol–water partition coefficient (Wildman–Crippen LogP) is 5.84. The summed E-state index contributed by atoms with van der Waals surface area (Å²) in [6.07, 6.45) is 4.56. The predicted molar refractivity (Wildman–Crippen MR) is 84.2 cm³/mol. The van der Waals surface area contributed by atoms with Gasteiger partial charge in [0.1, 0.15) is 16.8 Å². The van der Waals surface area contributed by atoms with Crippen molar-refractivity contribution < 1.29 is 4.74 Å². The summed E-state index contributed by atoms with van der Waals surface area (Å²) >= 11 is 11.1. The molecule has 104 valence electrons. The van der Waals surface area contributed by atoms with E-state index in [1.807, 2.05) is 25.1 Å². The summed E-state index contributed by atoms with van der Waals surface area (Å²) in [5, 5.41) is 0. The average Bonchev–Trinajstić information content (AvgIpc) is 2.36. The van der Waals surface area contributed by atoms with E-state index in [1.165, 1.54) is 11.1 Å². The summed E-state index contributed by atoms with van der Waals surface area (Å²) in [6, 6.07) is 8.21. The second-order valence-corrected chi connectivity index (χ2v) is 5.79. The number of benzene rings is 1. The van der Waals surface area contributed by atoms with Crippen LogP contribution in [0.4, 0.5) is 0 Å². The van der Waals surface area contributed by atoms with E-state index in [9.17, 15) is 0 Å². The molecule has 0 N–H and O–H groups in total. The molecular formula is C16H20Cl2O. The fourth-order valence-electron chi connectivity index (χ4n) is 1.57. The number of allylic oxidation sites excluding steroid dienone is 2. The highest BCUT2D eigenvalue weighted by molar-refractivity contribution is 6.55. The first kappa shape index (κ1) is 16.1. The lowest BCUT2D eigenvalue weighted by Gasteiger charge is -2.09. The van der Waals surface area contributed by atoms with Crippen LogP contribution < -0.4 is 4.74 Å². The Morgan fingerprint density at radius 3 is 2.63 bits per heavy atom. The van der Waals surface area contributed by atoms with Crippen LogP contribution >= 0.6 is 23.2 Å². The van der Waals surface area contributed by atoms with Crippen molar-refractivity contribution in [2.24, 2.45) is 0 Å². The van der Waals surface area contributed by atoms with E-state index < -0.39 is 0 Å². The maximum Gasteiger partial charge on any atom is 0.120 e. The Morgan fingerprint density at radius 2 is 2.00 bits per heavy atom.